The van der Waals surface area contributed by atoms with Crippen molar-refractivity contribution in [1.29, 1.82) is 0 Å². The number of rotatable bonds is 13. The molecule has 10 heteroatoms. The summed E-state index contributed by atoms with van der Waals surface area (Å²) in [7, 11) is -3.69. The summed E-state index contributed by atoms with van der Waals surface area (Å²) in [6.45, 7) is 3.47. The Morgan fingerprint density at radius 2 is 1.79 bits per heavy atom. The predicted octanol–water partition coefficient (Wildman–Crippen LogP) is 2.01. The van der Waals surface area contributed by atoms with Crippen molar-refractivity contribution in [2.45, 2.75) is 31.2 Å². The lowest BCUT2D eigenvalue weighted by Gasteiger charge is -2.18. The van der Waals surface area contributed by atoms with Gasteiger partial charge in [-0.1, -0.05) is 30.3 Å². The van der Waals surface area contributed by atoms with E-state index in [0.717, 1.165) is 5.56 Å². The largest absolute Gasteiger partial charge is 0.484 e. The molecule has 0 aliphatic heterocycles. The quantitative estimate of drug-likeness (QED) is 0.368. The van der Waals surface area contributed by atoms with Crippen LogP contribution in [-0.2, 0) is 19.6 Å². The summed E-state index contributed by atoms with van der Waals surface area (Å²) in [4.78, 5) is 25.1. The van der Waals surface area contributed by atoms with Gasteiger partial charge in [-0.05, 0) is 61.6 Å². The molecule has 0 aliphatic rings. The third-order valence-electron chi connectivity index (χ3n) is 4.72. The first-order valence-electron chi connectivity index (χ1n) is 10.5. The number of carbonyl (C=O) groups is 2. The Morgan fingerprint density at radius 3 is 2.48 bits per heavy atom. The summed E-state index contributed by atoms with van der Waals surface area (Å²) in [5.41, 5.74) is 1.49. The van der Waals surface area contributed by atoms with Crippen molar-refractivity contribution in [3.63, 3.8) is 0 Å². The molecule has 1 atom stereocenters. The number of benzene rings is 2. The molecule has 180 valence electrons. The van der Waals surface area contributed by atoms with E-state index in [4.69, 9.17) is 4.74 Å². The van der Waals surface area contributed by atoms with Crippen LogP contribution in [0.4, 0.5) is 0 Å². The van der Waals surface area contributed by atoms with E-state index in [1.165, 1.54) is 0 Å². The van der Waals surface area contributed by atoms with E-state index in [1.807, 2.05) is 25.3 Å². The number of sulfonamides is 1. The lowest BCUT2D eigenvalue weighted by Crippen LogP contribution is -2.49. The summed E-state index contributed by atoms with van der Waals surface area (Å²) < 4.78 is 33.1. The number of hydrogen-bond donors (Lipinski definition) is 3. The number of hydrogen-bond acceptors (Lipinski definition) is 6. The maximum absolute atomic E-state index is 12.6. The van der Waals surface area contributed by atoms with Gasteiger partial charge in [-0.25, -0.2) is 13.1 Å². The molecular weight excluding hydrogens is 462 g/mol. The molecule has 1 unspecified atom stereocenters. The van der Waals surface area contributed by atoms with Gasteiger partial charge in [0.05, 0.1) is 4.90 Å². The molecule has 0 aliphatic carbocycles. The van der Waals surface area contributed by atoms with Gasteiger partial charge in [0.25, 0.3) is 5.91 Å². The first kappa shape index (κ1) is 26.7. The van der Waals surface area contributed by atoms with E-state index >= 15 is 0 Å². The fourth-order valence-corrected chi connectivity index (χ4v) is 4.81. The summed E-state index contributed by atoms with van der Waals surface area (Å²) >= 11 is 1.56. The van der Waals surface area contributed by atoms with Crippen molar-refractivity contribution in [3.05, 3.63) is 59.7 Å². The lowest BCUT2D eigenvalue weighted by atomic mass is 10.2. The Bertz CT molecular complexity index is 1030. The molecule has 2 amide bonds. The van der Waals surface area contributed by atoms with Gasteiger partial charge < -0.3 is 15.4 Å². The van der Waals surface area contributed by atoms with Crippen LogP contribution < -0.4 is 20.1 Å². The zero-order valence-corrected chi connectivity index (χ0v) is 20.7. The molecule has 0 bridgehead atoms. The number of carbonyl (C=O) groups excluding carboxylic acids is 2. The Balaban J connectivity index is 1.84. The fourth-order valence-electron chi connectivity index (χ4n) is 2.97. The normalized spacial score (nSPS) is 12.1. The second-order valence-corrected chi connectivity index (χ2v) is 10.2. The molecule has 8 nitrogen and oxygen atoms in total. The van der Waals surface area contributed by atoms with Crippen LogP contribution in [0, 0.1) is 13.8 Å². The van der Waals surface area contributed by atoms with Crippen molar-refractivity contribution in [2.75, 3.05) is 31.7 Å². The topological polar surface area (TPSA) is 114 Å². The van der Waals surface area contributed by atoms with E-state index < -0.39 is 22.0 Å². The molecule has 2 rings (SSSR count). The average molecular weight is 494 g/mol. The molecule has 0 fully saturated rings. The summed E-state index contributed by atoms with van der Waals surface area (Å²) in [5, 5.41) is 5.38. The van der Waals surface area contributed by atoms with Crippen molar-refractivity contribution >= 4 is 33.6 Å². The van der Waals surface area contributed by atoms with Crippen LogP contribution in [-0.4, -0.2) is 58.0 Å². The number of aryl methyl sites for hydroxylation is 2. The molecule has 33 heavy (non-hydrogen) atoms. The van der Waals surface area contributed by atoms with Crippen LogP contribution in [0.15, 0.2) is 53.4 Å². The zero-order chi connectivity index (χ0) is 24.3. The SMILES string of the molecule is CSCCC(NC(=O)COc1ccccc1)C(=O)NCCNS(=O)(=O)c1cc(C)ccc1C. The van der Waals surface area contributed by atoms with Gasteiger partial charge in [0.1, 0.15) is 11.8 Å². The van der Waals surface area contributed by atoms with Crippen LogP contribution in [0.25, 0.3) is 0 Å². The molecule has 3 N–H and O–H groups in total. The third-order valence-corrected chi connectivity index (χ3v) is 6.97. The van der Waals surface area contributed by atoms with Crippen LogP contribution in [0.3, 0.4) is 0 Å². The smallest absolute Gasteiger partial charge is 0.258 e. The molecule has 0 saturated carbocycles. The Kier molecular flexibility index (Phi) is 10.7. The van der Waals surface area contributed by atoms with Gasteiger partial charge in [0.2, 0.25) is 15.9 Å². The van der Waals surface area contributed by atoms with Gasteiger partial charge in [-0.3, -0.25) is 9.59 Å². The number of para-hydroxylation sites is 1. The number of amides is 2. The highest BCUT2D eigenvalue weighted by Crippen LogP contribution is 2.16. The molecule has 0 spiro atoms. The third kappa shape index (κ3) is 9.07. The van der Waals surface area contributed by atoms with Crippen LogP contribution in [0.5, 0.6) is 5.75 Å². The Morgan fingerprint density at radius 1 is 1.06 bits per heavy atom. The van der Waals surface area contributed by atoms with E-state index in [-0.39, 0.29) is 30.5 Å². The standard InChI is InChI=1S/C23H31N3O5S2/c1-17-9-10-18(2)21(15-17)33(29,30)25-13-12-24-23(28)20(11-14-32-3)26-22(27)16-31-19-7-5-4-6-8-19/h4-10,15,20,25H,11-14,16H2,1-3H3,(H,24,28)(H,26,27). The number of nitrogens with one attached hydrogen (secondary N) is 3. The maximum atomic E-state index is 12.6. The highest BCUT2D eigenvalue weighted by atomic mass is 32.2. The molecule has 0 heterocycles. The van der Waals surface area contributed by atoms with E-state index in [2.05, 4.69) is 15.4 Å². The van der Waals surface area contributed by atoms with Gasteiger partial charge in [-0.2, -0.15) is 11.8 Å². The van der Waals surface area contributed by atoms with Gasteiger partial charge >= 0.3 is 0 Å². The van der Waals surface area contributed by atoms with Crippen LogP contribution in [0.2, 0.25) is 0 Å². The molecule has 2 aromatic rings. The van der Waals surface area contributed by atoms with Crippen LogP contribution >= 0.6 is 11.8 Å². The summed E-state index contributed by atoms with van der Waals surface area (Å²) in [6.07, 6.45) is 2.36. The lowest BCUT2D eigenvalue weighted by molar-refractivity contribution is -0.130. The van der Waals surface area contributed by atoms with Crippen molar-refractivity contribution in [3.8, 4) is 5.75 Å². The Labute approximate surface area is 199 Å². The predicted molar refractivity (Wildman–Crippen MR) is 131 cm³/mol. The first-order valence-corrected chi connectivity index (χ1v) is 13.4. The average Bonchev–Trinajstić information content (AvgIpc) is 2.80. The maximum Gasteiger partial charge on any atom is 0.258 e. The van der Waals surface area contributed by atoms with Crippen LogP contribution in [0.1, 0.15) is 17.5 Å². The Hall–Kier alpha value is -2.56. The fraction of sp³-hybridized carbons (Fsp3) is 0.391. The van der Waals surface area contributed by atoms with E-state index in [9.17, 15) is 18.0 Å². The molecule has 0 saturated heterocycles. The number of thioether (sulfide) groups is 1. The summed E-state index contributed by atoms with van der Waals surface area (Å²) in [6, 6.07) is 13.4. The molecule has 2 aromatic carbocycles. The van der Waals surface area contributed by atoms with Gasteiger partial charge in [-0.15, -0.1) is 0 Å². The number of ether oxygens (including phenoxy) is 1. The van der Waals surface area contributed by atoms with E-state index in [0.29, 0.717) is 23.5 Å². The van der Waals surface area contributed by atoms with E-state index in [1.54, 1.807) is 55.1 Å². The highest BCUT2D eigenvalue weighted by molar-refractivity contribution is 7.98. The minimum Gasteiger partial charge on any atom is -0.484 e. The second kappa shape index (κ2) is 13.2. The van der Waals surface area contributed by atoms with Crippen molar-refractivity contribution in [2.24, 2.45) is 0 Å². The molecular formula is C23H31N3O5S2. The highest BCUT2D eigenvalue weighted by Gasteiger charge is 2.21. The second-order valence-electron chi connectivity index (χ2n) is 7.46. The molecule has 0 radical (unpaired) electrons. The van der Waals surface area contributed by atoms with Gasteiger partial charge in [0, 0.05) is 13.1 Å². The minimum absolute atomic E-state index is 0.0295. The summed E-state index contributed by atoms with van der Waals surface area (Å²) in [5.74, 6) is 0.463. The minimum atomic E-state index is -3.69. The van der Waals surface area contributed by atoms with Crippen molar-refractivity contribution in [1.82, 2.24) is 15.4 Å². The van der Waals surface area contributed by atoms with Gasteiger partial charge in [0.15, 0.2) is 6.61 Å². The monoisotopic (exact) mass is 493 g/mol. The first-order chi connectivity index (χ1) is 15.7. The molecule has 0 aromatic heterocycles. The zero-order valence-electron chi connectivity index (χ0n) is 19.1. The van der Waals surface area contributed by atoms with Crippen molar-refractivity contribution < 1.29 is 22.7 Å².